The lowest BCUT2D eigenvalue weighted by Crippen LogP contribution is -2.01. The van der Waals surface area contributed by atoms with Crippen LogP contribution in [0.2, 0.25) is 0 Å². The molecule has 0 aliphatic heterocycles. The molecular formula is C14H15BrN2O. The zero-order valence-corrected chi connectivity index (χ0v) is 11.6. The number of nitrogens with two attached hydrogens (primary N) is 1. The molecule has 1 aromatic heterocycles. The molecule has 0 aliphatic rings. The number of aryl methyl sites for hydroxylation is 1. The molecule has 0 saturated heterocycles. The molecule has 2 rings (SSSR count). The number of hydrogen-bond donors (Lipinski definition) is 1. The Kier molecular flexibility index (Phi) is 4.59. The summed E-state index contributed by atoms with van der Waals surface area (Å²) in [6, 6.07) is 9.65. The van der Waals surface area contributed by atoms with Crippen LogP contribution >= 0.6 is 15.9 Å². The summed E-state index contributed by atoms with van der Waals surface area (Å²) in [7, 11) is 0. The number of aromatic nitrogens is 1. The van der Waals surface area contributed by atoms with Crippen LogP contribution in [-0.4, -0.2) is 11.6 Å². The Morgan fingerprint density at radius 2 is 1.94 bits per heavy atom. The van der Waals surface area contributed by atoms with Gasteiger partial charge in [-0.05, 0) is 48.7 Å². The SMILES string of the molecule is Nc1ccncc1CCCOc1ccc(Br)cc1. The second-order valence-corrected chi connectivity index (χ2v) is 4.90. The van der Waals surface area contributed by atoms with Crippen molar-refractivity contribution in [1.82, 2.24) is 4.98 Å². The van der Waals surface area contributed by atoms with Gasteiger partial charge in [-0.3, -0.25) is 4.98 Å². The zero-order valence-electron chi connectivity index (χ0n) is 9.97. The van der Waals surface area contributed by atoms with Crippen LogP contribution in [0.1, 0.15) is 12.0 Å². The second-order valence-electron chi connectivity index (χ2n) is 3.98. The van der Waals surface area contributed by atoms with Gasteiger partial charge in [-0.2, -0.15) is 0 Å². The highest BCUT2D eigenvalue weighted by atomic mass is 79.9. The summed E-state index contributed by atoms with van der Waals surface area (Å²) in [5.41, 5.74) is 7.72. The third-order valence-electron chi connectivity index (χ3n) is 2.61. The number of pyridine rings is 1. The van der Waals surface area contributed by atoms with Gasteiger partial charge in [0, 0.05) is 22.6 Å². The molecule has 0 saturated carbocycles. The van der Waals surface area contributed by atoms with Gasteiger partial charge in [0.2, 0.25) is 0 Å². The van der Waals surface area contributed by atoms with Crippen molar-refractivity contribution in [3.05, 3.63) is 52.8 Å². The molecule has 0 amide bonds. The maximum Gasteiger partial charge on any atom is 0.119 e. The van der Waals surface area contributed by atoms with E-state index in [9.17, 15) is 0 Å². The smallest absolute Gasteiger partial charge is 0.119 e. The number of halogens is 1. The Bertz CT molecular complexity index is 499. The third kappa shape index (κ3) is 3.74. The van der Waals surface area contributed by atoms with E-state index < -0.39 is 0 Å². The molecule has 3 nitrogen and oxygen atoms in total. The van der Waals surface area contributed by atoms with Crippen LogP contribution in [0.3, 0.4) is 0 Å². The summed E-state index contributed by atoms with van der Waals surface area (Å²) in [6.45, 7) is 0.677. The molecule has 1 heterocycles. The molecule has 18 heavy (non-hydrogen) atoms. The van der Waals surface area contributed by atoms with Gasteiger partial charge in [0.05, 0.1) is 6.61 Å². The highest BCUT2D eigenvalue weighted by Gasteiger charge is 1.99. The van der Waals surface area contributed by atoms with Crippen LogP contribution < -0.4 is 10.5 Å². The molecule has 4 heteroatoms. The lowest BCUT2D eigenvalue weighted by atomic mass is 10.1. The first-order valence-electron chi connectivity index (χ1n) is 5.82. The molecule has 0 radical (unpaired) electrons. The zero-order chi connectivity index (χ0) is 12.8. The van der Waals surface area contributed by atoms with Gasteiger partial charge in [0.1, 0.15) is 5.75 Å². The van der Waals surface area contributed by atoms with Crippen molar-refractivity contribution in [3.63, 3.8) is 0 Å². The minimum Gasteiger partial charge on any atom is -0.494 e. The van der Waals surface area contributed by atoms with Crippen LogP contribution in [-0.2, 0) is 6.42 Å². The van der Waals surface area contributed by atoms with E-state index in [0.29, 0.717) is 6.61 Å². The minimum atomic E-state index is 0.677. The highest BCUT2D eigenvalue weighted by molar-refractivity contribution is 9.10. The first kappa shape index (κ1) is 12.9. The van der Waals surface area contributed by atoms with Crippen LogP contribution in [0.5, 0.6) is 5.75 Å². The third-order valence-corrected chi connectivity index (χ3v) is 3.14. The Morgan fingerprint density at radius 1 is 1.17 bits per heavy atom. The number of nitrogen functional groups attached to an aromatic ring is 1. The molecule has 0 unspecified atom stereocenters. The topological polar surface area (TPSA) is 48.1 Å². The summed E-state index contributed by atoms with van der Waals surface area (Å²) in [5, 5.41) is 0. The molecule has 0 atom stereocenters. The number of hydrogen-bond acceptors (Lipinski definition) is 3. The fraction of sp³-hybridized carbons (Fsp3) is 0.214. The number of benzene rings is 1. The number of anilines is 1. The highest BCUT2D eigenvalue weighted by Crippen LogP contribution is 2.17. The van der Waals surface area contributed by atoms with Crippen molar-refractivity contribution in [3.8, 4) is 5.75 Å². The second kappa shape index (κ2) is 6.40. The standard InChI is InChI=1S/C14H15BrN2O/c15-12-3-5-13(6-4-12)18-9-1-2-11-10-17-8-7-14(11)16/h3-8,10H,1-2,9H2,(H2,16,17). The molecule has 2 N–H and O–H groups in total. The maximum absolute atomic E-state index is 5.84. The molecule has 0 spiro atoms. The van der Waals surface area contributed by atoms with E-state index in [2.05, 4.69) is 20.9 Å². The Balaban J connectivity index is 1.76. The van der Waals surface area contributed by atoms with Crippen molar-refractivity contribution in [2.45, 2.75) is 12.8 Å². The Hall–Kier alpha value is -1.55. The van der Waals surface area contributed by atoms with E-state index in [0.717, 1.165) is 34.3 Å². The maximum atomic E-state index is 5.84. The van der Waals surface area contributed by atoms with Crippen LogP contribution in [0.25, 0.3) is 0 Å². The van der Waals surface area contributed by atoms with E-state index in [1.165, 1.54) is 0 Å². The summed E-state index contributed by atoms with van der Waals surface area (Å²) in [6.07, 6.45) is 5.33. The van der Waals surface area contributed by atoms with Crippen LogP contribution in [0, 0.1) is 0 Å². The van der Waals surface area contributed by atoms with E-state index >= 15 is 0 Å². The first-order chi connectivity index (χ1) is 8.75. The number of nitrogens with zero attached hydrogens (tertiary/aromatic N) is 1. The summed E-state index contributed by atoms with van der Waals surface area (Å²) >= 11 is 3.39. The summed E-state index contributed by atoms with van der Waals surface area (Å²) < 4.78 is 6.69. The van der Waals surface area contributed by atoms with Crippen LogP contribution in [0.4, 0.5) is 5.69 Å². The van der Waals surface area contributed by atoms with Gasteiger partial charge in [-0.1, -0.05) is 15.9 Å². The average molecular weight is 307 g/mol. The fourth-order valence-corrected chi connectivity index (χ4v) is 1.89. The fourth-order valence-electron chi connectivity index (χ4n) is 1.63. The molecule has 0 bridgehead atoms. The van der Waals surface area contributed by atoms with Gasteiger partial charge in [-0.25, -0.2) is 0 Å². The van der Waals surface area contributed by atoms with Gasteiger partial charge in [-0.15, -0.1) is 0 Å². The van der Waals surface area contributed by atoms with Crippen molar-refractivity contribution < 1.29 is 4.74 Å². The number of ether oxygens (including phenoxy) is 1. The van der Waals surface area contributed by atoms with Crippen LogP contribution in [0.15, 0.2) is 47.2 Å². The molecular weight excluding hydrogens is 292 g/mol. The molecule has 94 valence electrons. The number of rotatable bonds is 5. The predicted octanol–water partition coefficient (Wildman–Crippen LogP) is 3.44. The average Bonchev–Trinajstić information content (AvgIpc) is 2.39. The normalized spacial score (nSPS) is 10.3. The van der Waals surface area contributed by atoms with Crippen molar-refractivity contribution in [2.24, 2.45) is 0 Å². The quantitative estimate of drug-likeness (QED) is 0.861. The predicted molar refractivity (Wildman–Crippen MR) is 76.6 cm³/mol. The molecule has 1 aromatic carbocycles. The van der Waals surface area contributed by atoms with Crippen molar-refractivity contribution >= 4 is 21.6 Å². The molecule has 0 aliphatic carbocycles. The summed E-state index contributed by atoms with van der Waals surface area (Å²) in [5.74, 6) is 0.886. The van der Waals surface area contributed by atoms with E-state index in [-0.39, 0.29) is 0 Å². The minimum absolute atomic E-state index is 0.677. The lowest BCUT2D eigenvalue weighted by molar-refractivity contribution is 0.311. The van der Waals surface area contributed by atoms with Crippen molar-refractivity contribution in [1.29, 1.82) is 0 Å². The van der Waals surface area contributed by atoms with Gasteiger partial charge in [0.25, 0.3) is 0 Å². The Labute approximate surface area is 115 Å². The lowest BCUT2D eigenvalue weighted by Gasteiger charge is -2.07. The van der Waals surface area contributed by atoms with Gasteiger partial charge in [0.15, 0.2) is 0 Å². The van der Waals surface area contributed by atoms with E-state index in [4.69, 9.17) is 10.5 Å². The van der Waals surface area contributed by atoms with Gasteiger partial charge >= 0.3 is 0 Å². The van der Waals surface area contributed by atoms with E-state index in [1.807, 2.05) is 36.5 Å². The van der Waals surface area contributed by atoms with Gasteiger partial charge < -0.3 is 10.5 Å². The Morgan fingerprint density at radius 3 is 2.67 bits per heavy atom. The summed E-state index contributed by atoms with van der Waals surface area (Å²) in [4.78, 5) is 4.07. The monoisotopic (exact) mass is 306 g/mol. The van der Waals surface area contributed by atoms with Crippen molar-refractivity contribution in [2.75, 3.05) is 12.3 Å². The van der Waals surface area contributed by atoms with E-state index in [1.54, 1.807) is 6.20 Å². The molecule has 2 aromatic rings. The largest absolute Gasteiger partial charge is 0.494 e. The first-order valence-corrected chi connectivity index (χ1v) is 6.62. The molecule has 0 fully saturated rings.